The summed E-state index contributed by atoms with van der Waals surface area (Å²) in [6.45, 7) is 2.30. The van der Waals surface area contributed by atoms with Crippen molar-refractivity contribution in [1.29, 1.82) is 0 Å². The van der Waals surface area contributed by atoms with Crippen LogP contribution in [0.4, 0.5) is 4.39 Å². The Balaban J connectivity index is 1.59. The van der Waals surface area contributed by atoms with Gasteiger partial charge in [-0.15, -0.1) is 5.10 Å². The Morgan fingerprint density at radius 1 is 1.40 bits per heavy atom. The van der Waals surface area contributed by atoms with Gasteiger partial charge < -0.3 is 5.32 Å². The average Bonchev–Trinajstić information content (AvgIpc) is 3.15. The number of nitrogens with one attached hydrogen (secondary N) is 1. The molecule has 20 heavy (non-hydrogen) atoms. The molecule has 0 bridgehead atoms. The molecule has 1 saturated carbocycles. The highest BCUT2D eigenvalue weighted by Crippen LogP contribution is 2.27. The highest BCUT2D eigenvalue weighted by Gasteiger charge is 2.20. The molecular formula is C14H16BrFN4. The second kappa shape index (κ2) is 6.01. The van der Waals surface area contributed by atoms with E-state index < -0.39 is 0 Å². The molecule has 1 fully saturated rings. The number of halogens is 2. The Morgan fingerprint density at radius 2 is 2.25 bits per heavy atom. The lowest BCUT2D eigenvalue weighted by Gasteiger charge is -2.04. The molecule has 3 rings (SSSR count). The van der Waals surface area contributed by atoms with E-state index in [0.29, 0.717) is 11.0 Å². The van der Waals surface area contributed by atoms with Crippen molar-refractivity contribution in [3.05, 3.63) is 45.9 Å². The minimum atomic E-state index is -0.256. The van der Waals surface area contributed by atoms with Crippen molar-refractivity contribution < 1.29 is 4.39 Å². The first-order valence-corrected chi connectivity index (χ1v) is 7.54. The second-order valence-corrected chi connectivity index (χ2v) is 5.99. The zero-order valence-corrected chi connectivity index (χ0v) is 12.6. The SMILES string of the molecule is Fc1cccc(Cn2cc(CNCC3CC3)nn2)c1Br. The van der Waals surface area contributed by atoms with Crippen molar-refractivity contribution in [3.8, 4) is 0 Å². The molecule has 4 nitrogen and oxygen atoms in total. The van der Waals surface area contributed by atoms with E-state index in [9.17, 15) is 4.39 Å². The molecule has 106 valence electrons. The summed E-state index contributed by atoms with van der Waals surface area (Å²) in [5.41, 5.74) is 1.77. The average molecular weight is 339 g/mol. The summed E-state index contributed by atoms with van der Waals surface area (Å²) in [4.78, 5) is 0. The van der Waals surface area contributed by atoms with E-state index in [1.54, 1.807) is 10.7 Å². The number of hydrogen-bond donors (Lipinski definition) is 1. The van der Waals surface area contributed by atoms with Crippen LogP contribution in [0.2, 0.25) is 0 Å². The molecule has 0 unspecified atom stereocenters. The van der Waals surface area contributed by atoms with Crippen LogP contribution >= 0.6 is 15.9 Å². The maximum Gasteiger partial charge on any atom is 0.137 e. The summed E-state index contributed by atoms with van der Waals surface area (Å²) in [5.74, 6) is 0.599. The zero-order valence-electron chi connectivity index (χ0n) is 11.0. The molecule has 1 aliphatic rings. The molecule has 0 spiro atoms. The fourth-order valence-corrected chi connectivity index (χ4v) is 2.46. The third-order valence-electron chi connectivity index (χ3n) is 3.39. The second-order valence-electron chi connectivity index (χ2n) is 5.19. The monoisotopic (exact) mass is 338 g/mol. The molecule has 0 saturated heterocycles. The first-order valence-electron chi connectivity index (χ1n) is 6.75. The number of aromatic nitrogens is 3. The van der Waals surface area contributed by atoms with Gasteiger partial charge in [0.1, 0.15) is 5.82 Å². The van der Waals surface area contributed by atoms with Crippen molar-refractivity contribution in [1.82, 2.24) is 20.3 Å². The molecule has 0 amide bonds. The number of benzene rings is 1. The Hall–Kier alpha value is -1.27. The topological polar surface area (TPSA) is 42.7 Å². The predicted molar refractivity (Wildman–Crippen MR) is 77.7 cm³/mol. The van der Waals surface area contributed by atoms with Crippen LogP contribution in [0.15, 0.2) is 28.9 Å². The van der Waals surface area contributed by atoms with E-state index in [0.717, 1.165) is 30.3 Å². The Morgan fingerprint density at radius 3 is 3.05 bits per heavy atom. The largest absolute Gasteiger partial charge is 0.311 e. The van der Waals surface area contributed by atoms with Crippen molar-refractivity contribution in [2.75, 3.05) is 6.54 Å². The summed E-state index contributed by atoms with van der Waals surface area (Å²) in [6, 6.07) is 5.01. The van der Waals surface area contributed by atoms with Crippen LogP contribution in [0.3, 0.4) is 0 Å². The van der Waals surface area contributed by atoms with E-state index in [4.69, 9.17) is 0 Å². The fraction of sp³-hybridized carbons (Fsp3) is 0.429. The smallest absolute Gasteiger partial charge is 0.137 e. The van der Waals surface area contributed by atoms with Crippen molar-refractivity contribution in [2.24, 2.45) is 5.92 Å². The van der Waals surface area contributed by atoms with Crippen molar-refractivity contribution in [3.63, 3.8) is 0 Å². The fourth-order valence-electron chi connectivity index (χ4n) is 2.07. The lowest BCUT2D eigenvalue weighted by atomic mass is 10.2. The molecule has 1 aromatic carbocycles. The summed E-state index contributed by atoms with van der Waals surface area (Å²) >= 11 is 3.26. The van der Waals surface area contributed by atoms with E-state index in [1.165, 1.54) is 18.9 Å². The Kier molecular flexibility index (Phi) is 4.12. The first-order chi connectivity index (χ1) is 9.72. The summed E-state index contributed by atoms with van der Waals surface area (Å²) in [7, 11) is 0. The van der Waals surface area contributed by atoms with Gasteiger partial charge in [-0.25, -0.2) is 9.07 Å². The molecule has 0 aliphatic heterocycles. The highest BCUT2D eigenvalue weighted by atomic mass is 79.9. The van der Waals surface area contributed by atoms with Gasteiger partial charge in [-0.2, -0.15) is 0 Å². The van der Waals surface area contributed by atoms with Gasteiger partial charge in [0.15, 0.2) is 0 Å². The summed E-state index contributed by atoms with van der Waals surface area (Å²) in [6.07, 6.45) is 4.58. The van der Waals surface area contributed by atoms with E-state index >= 15 is 0 Å². The minimum absolute atomic E-state index is 0.256. The highest BCUT2D eigenvalue weighted by molar-refractivity contribution is 9.10. The lowest BCUT2D eigenvalue weighted by molar-refractivity contribution is 0.606. The van der Waals surface area contributed by atoms with Gasteiger partial charge in [0, 0.05) is 6.54 Å². The molecule has 1 heterocycles. The first kappa shape index (κ1) is 13.7. The van der Waals surface area contributed by atoms with Crippen LogP contribution in [0.25, 0.3) is 0 Å². The molecule has 1 aromatic heterocycles. The van der Waals surface area contributed by atoms with Crippen LogP contribution in [-0.4, -0.2) is 21.5 Å². The van der Waals surface area contributed by atoms with E-state index in [2.05, 4.69) is 31.6 Å². The van der Waals surface area contributed by atoms with Crippen LogP contribution < -0.4 is 5.32 Å². The molecular weight excluding hydrogens is 323 g/mol. The predicted octanol–water partition coefficient (Wildman–Crippen LogP) is 2.73. The Labute approximate surface area is 125 Å². The molecule has 1 aliphatic carbocycles. The summed E-state index contributed by atoms with van der Waals surface area (Å²) < 4.78 is 15.7. The van der Waals surface area contributed by atoms with Gasteiger partial charge in [-0.3, -0.25) is 0 Å². The van der Waals surface area contributed by atoms with Crippen molar-refractivity contribution >= 4 is 15.9 Å². The Bertz CT molecular complexity index is 595. The standard InChI is InChI=1S/C14H16BrFN4/c15-14-11(2-1-3-13(14)16)8-20-9-12(18-19-20)7-17-6-10-4-5-10/h1-3,9-10,17H,4-8H2. The molecule has 2 aromatic rings. The molecule has 0 radical (unpaired) electrons. The van der Waals surface area contributed by atoms with Gasteiger partial charge in [-0.05, 0) is 52.9 Å². The minimum Gasteiger partial charge on any atom is -0.311 e. The van der Waals surface area contributed by atoms with Crippen molar-refractivity contribution in [2.45, 2.75) is 25.9 Å². The lowest BCUT2D eigenvalue weighted by Crippen LogP contribution is -2.16. The van der Waals surface area contributed by atoms with Gasteiger partial charge in [-0.1, -0.05) is 17.3 Å². The van der Waals surface area contributed by atoms with Gasteiger partial charge >= 0.3 is 0 Å². The third kappa shape index (κ3) is 3.43. The zero-order chi connectivity index (χ0) is 13.9. The van der Waals surface area contributed by atoms with Gasteiger partial charge in [0.2, 0.25) is 0 Å². The number of hydrogen-bond acceptors (Lipinski definition) is 3. The maximum absolute atomic E-state index is 13.4. The van der Waals surface area contributed by atoms with Gasteiger partial charge in [0.25, 0.3) is 0 Å². The van der Waals surface area contributed by atoms with Crippen LogP contribution in [0, 0.1) is 11.7 Å². The summed E-state index contributed by atoms with van der Waals surface area (Å²) in [5, 5.41) is 11.6. The molecule has 0 atom stereocenters. The molecule has 6 heteroatoms. The van der Waals surface area contributed by atoms with Crippen LogP contribution in [0.1, 0.15) is 24.1 Å². The third-order valence-corrected chi connectivity index (χ3v) is 4.27. The molecule has 1 N–H and O–H groups in total. The van der Waals surface area contributed by atoms with E-state index in [1.807, 2.05) is 12.3 Å². The number of nitrogens with zero attached hydrogens (tertiary/aromatic N) is 3. The number of rotatable bonds is 6. The quantitative estimate of drug-likeness (QED) is 0.880. The maximum atomic E-state index is 13.4. The van der Waals surface area contributed by atoms with Crippen LogP contribution in [0.5, 0.6) is 0 Å². The van der Waals surface area contributed by atoms with E-state index in [-0.39, 0.29) is 5.82 Å². The normalized spacial score (nSPS) is 14.7. The van der Waals surface area contributed by atoms with Crippen LogP contribution in [-0.2, 0) is 13.1 Å². The van der Waals surface area contributed by atoms with Gasteiger partial charge in [0.05, 0.1) is 22.9 Å².